The molecule has 0 fully saturated rings. The summed E-state index contributed by atoms with van der Waals surface area (Å²) in [5.41, 5.74) is 11.4. The summed E-state index contributed by atoms with van der Waals surface area (Å²) in [6.07, 6.45) is 1.88. The Balaban J connectivity index is 2.02. The molecule has 0 aliphatic carbocycles. The Hall–Kier alpha value is -2.29. The van der Waals surface area contributed by atoms with Crippen LogP contribution >= 0.6 is 0 Å². The molecule has 0 spiro atoms. The van der Waals surface area contributed by atoms with E-state index in [1.165, 1.54) is 16.6 Å². The molecule has 0 atom stereocenters. The Morgan fingerprint density at radius 1 is 1.00 bits per heavy atom. The van der Waals surface area contributed by atoms with Gasteiger partial charge in [-0.3, -0.25) is 0 Å². The first-order valence-corrected chi connectivity index (χ1v) is 7.53. The van der Waals surface area contributed by atoms with E-state index in [1.807, 2.05) is 12.1 Å². The summed E-state index contributed by atoms with van der Waals surface area (Å²) >= 11 is 0. The Bertz CT molecular complexity index is 754. The summed E-state index contributed by atoms with van der Waals surface area (Å²) in [4.78, 5) is 4.84. The monoisotopic (exact) mass is 279 g/mol. The molecule has 3 nitrogen and oxygen atoms in total. The molecule has 3 rings (SSSR count). The maximum atomic E-state index is 5.75. The van der Waals surface area contributed by atoms with Gasteiger partial charge in [-0.1, -0.05) is 25.1 Å². The van der Waals surface area contributed by atoms with Gasteiger partial charge in [0.05, 0.1) is 11.0 Å². The van der Waals surface area contributed by atoms with E-state index in [-0.39, 0.29) is 0 Å². The number of rotatable bonds is 4. The van der Waals surface area contributed by atoms with E-state index in [0.29, 0.717) is 0 Å². The lowest BCUT2D eigenvalue weighted by Crippen LogP contribution is -2.02. The van der Waals surface area contributed by atoms with Gasteiger partial charge in [0.2, 0.25) is 0 Å². The lowest BCUT2D eigenvalue weighted by atomic mass is 10.1. The standard InChI is InChI=1S/C18H21N3/c1-3-13-7-10-17-16(11-13)20-18(21(17)4-2)12-14-5-8-15(19)9-6-14/h5-11H,3-4,12,19H2,1-2H3. The van der Waals surface area contributed by atoms with E-state index in [0.717, 1.165) is 36.4 Å². The fraction of sp³-hybridized carbons (Fsp3) is 0.278. The smallest absolute Gasteiger partial charge is 0.114 e. The first-order valence-electron chi connectivity index (χ1n) is 7.53. The van der Waals surface area contributed by atoms with Crippen molar-refractivity contribution in [1.29, 1.82) is 0 Å². The predicted molar refractivity (Wildman–Crippen MR) is 88.4 cm³/mol. The van der Waals surface area contributed by atoms with Crippen molar-refractivity contribution in [2.24, 2.45) is 0 Å². The van der Waals surface area contributed by atoms with Crippen molar-refractivity contribution in [3.05, 3.63) is 59.4 Å². The molecule has 0 unspecified atom stereocenters. The van der Waals surface area contributed by atoms with Gasteiger partial charge >= 0.3 is 0 Å². The summed E-state index contributed by atoms with van der Waals surface area (Å²) in [6.45, 7) is 5.28. The van der Waals surface area contributed by atoms with Crippen molar-refractivity contribution in [2.45, 2.75) is 33.2 Å². The minimum Gasteiger partial charge on any atom is -0.399 e. The maximum Gasteiger partial charge on any atom is 0.114 e. The Morgan fingerprint density at radius 2 is 1.71 bits per heavy atom. The minimum absolute atomic E-state index is 0.801. The van der Waals surface area contributed by atoms with Gasteiger partial charge in [-0.2, -0.15) is 0 Å². The lowest BCUT2D eigenvalue weighted by molar-refractivity contribution is 0.733. The number of aromatic nitrogens is 2. The van der Waals surface area contributed by atoms with Crippen molar-refractivity contribution in [1.82, 2.24) is 9.55 Å². The highest BCUT2D eigenvalue weighted by Crippen LogP contribution is 2.20. The van der Waals surface area contributed by atoms with Crippen LogP contribution in [0.1, 0.15) is 30.8 Å². The number of hydrogen-bond acceptors (Lipinski definition) is 2. The van der Waals surface area contributed by atoms with Gasteiger partial charge in [0.15, 0.2) is 0 Å². The van der Waals surface area contributed by atoms with Crippen LogP contribution in [0.15, 0.2) is 42.5 Å². The highest BCUT2D eigenvalue weighted by Gasteiger charge is 2.10. The molecule has 3 aromatic rings. The molecule has 0 aliphatic heterocycles. The molecule has 0 saturated heterocycles. The molecule has 21 heavy (non-hydrogen) atoms. The molecule has 0 aliphatic rings. The van der Waals surface area contributed by atoms with Crippen molar-refractivity contribution in [2.75, 3.05) is 5.73 Å². The second-order valence-electron chi connectivity index (χ2n) is 5.37. The number of fused-ring (bicyclic) bond motifs is 1. The third-order valence-electron chi connectivity index (χ3n) is 3.96. The third-order valence-corrected chi connectivity index (χ3v) is 3.96. The molecule has 0 bridgehead atoms. The summed E-state index contributed by atoms with van der Waals surface area (Å²) in [7, 11) is 0. The van der Waals surface area contributed by atoms with Crippen LogP contribution in [0.3, 0.4) is 0 Å². The Morgan fingerprint density at radius 3 is 2.38 bits per heavy atom. The van der Waals surface area contributed by atoms with Crippen LogP contribution in [0.25, 0.3) is 11.0 Å². The third kappa shape index (κ3) is 2.64. The number of anilines is 1. The molecule has 2 aromatic carbocycles. The zero-order valence-electron chi connectivity index (χ0n) is 12.6. The van der Waals surface area contributed by atoms with Gasteiger partial charge in [0.1, 0.15) is 5.82 Å². The normalized spacial score (nSPS) is 11.1. The molecule has 1 aromatic heterocycles. The number of nitrogen functional groups attached to an aromatic ring is 1. The highest BCUT2D eigenvalue weighted by atomic mass is 15.1. The molecular weight excluding hydrogens is 258 g/mol. The van der Waals surface area contributed by atoms with Crippen molar-refractivity contribution >= 4 is 16.7 Å². The molecule has 1 heterocycles. The van der Waals surface area contributed by atoms with Gasteiger partial charge in [-0.05, 0) is 48.7 Å². The first-order chi connectivity index (χ1) is 10.2. The fourth-order valence-electron chi connectivity index (χ4n) is 2.75. The summed E-state index contributed by atoms with van der Waals surface area (Å²) in [5.74, 6) is 1.12. The minimum atomic E-state index is 0.801. The molecule has 108 valence electrons. The predicted octanol–water partition coefficient (Wildman–Crippen LogP) is 3.79. The van der Waals surface area contributed by atoms with E-state index in [4.69, 9.17) is 10.7 Å². The topological polar surface area (TPSA) is 43.8 Å². The maximum absolute atomic E-state index is 5.75. The molecule has 0 amide bonds. The van der Waals surface area contributed by atoms with Crippen molar-refractivity contribution in [3.8, 4) is 0 Å². The number of imidazole rings is 1. The van der Waals surface area contributed by atoms with Crippen molar-refractivity contribution < 1.29 is 0 Å². The molecule has 0 saturated carbocycles. The molecular formula is C18H21N3. The van der Waals surface area contributed by atoms with Gasteiger partial charge in [-0.25, -0.2) is 4.98 Å². The van der Waals surface area contributed by atoms with Gasteiger partial charge < -0.3 is 10.3 Å². The van der Waals surface area contributed by atoms with Gasteiger partial charge in [0.25, 0.3) is 0 Å². The van der Waals surface area contributed by atoms with E-state index >= 15 is 0 Å². The van der Waals surface area contributed by atoms with Gasteiger partial charge in [0, 0.05) is 18.7 Å². The lowest BCUT2D eigenvalue weighted by Gasteiger charge is -2.06. The van der Waals surface area contributed by atoms with Crippen LogP contribution in [0.2, 0.25) is 0 Å². The Labute approximate surface area is 125 Å². The van der Waals surface area contributed by atoms with Crippen LogP contribution < -0.4 is 5.73 Å². The first kappa shape index (κ1) is 13.7. The van der Waals surface area contributed by atoms with Gasteiger partial charge in [-0.15, -0.1) is 0 Å². The van der Waals surface area contributed by atoms with E-state index in [2.05, 4.69) is 48.7 Å². The highest BCUT2D eigenvalue weighted by molar-refractivity contribution is 5.77. The summed E-state index contributed by atoms with van der Waals surface area (Å²) < 4.78 is 2.30. The largest absolute Gasteiger partial charge is 0.399 e. The summed E-state index contributed by atoms with van der Waals surface area (Å²) in [5, 5.41) is 0. The van der Waals surface area contributed by atoms with E-state index < -0.39 is 0 Å². The van der Waals surface area contributed by atoms with Crippen LogP contribution in [-0.4, -0.2) is 9.55 Å². The number of aryl methyl sites for hydroxylation is 2. The number of benzene rings is 2. The number of nitrogens with zero attached hydrogens (tertiary/aromatic N) is 2. The molecule has 0 radical (unpaired) electrons. The average Bonchev–Trinajstić information content (AvgIpc) is 2.85. The zero-order chi connectivity index (χ0) is 14.8. The van der Waals surface area contributed by atoms with E-state index in [1.54, 1.807) is 0 Å². The molecule has 3 heteroatoms. The van der Waals surface area contributed by atoms with Crippen LogP contribution in [-0.2, 0) is 19.4 Å². The molecule has 2 N–H and O–H groups in total. The average molecular weight is 279 g/mol. The quantitative estimate of drug-likeness (QED) is 0.738. The zero-order valence-corrected chi connectivity index (χ0v) is 12.6. The Kier molecular flexibility index (Phi) is 3.65. The van der Waals surface area contributed by atoms with E-state index in [9.17, 15) is 0 Å². The fourth-order valence-corrected chi connectivity index (χ4v) is 2.75. The number of hydrogen-bond donors (Lipinski definition) is 1. The summed E-state index contributed by atoms with van der Waals surface area (Å²) in [6, 6.07) is 14.6. The second kappa shape index (κ2) is 5.60. The SMILES string of the molecule is CCc1ccc2c(c1)nc(Cc1ccc(N)cc1)n2CC. The second-order valence-corrected chi connectivity index (χ2v) is 5.37. The number of nitrogens with two attached hydrogens (primary N) is 1. The van der Waals surface area contributed by atoms with Crippen LogP contribution in [0.5, 0.6) is 0 Å². The van der Waals surface area contributed by atoms with Crippen LogP contribution in [0, 0.1) is 0 Å². The van der Waals surface area contributed by atoms with Crippen molar-refractivity contribution in [3.63, 3.8) is 0 Å². The van der Waals surface area contributed by atoms with Crippen LogP contribution in [0.4, 0.5) is 5.69 Å².